The first kappa shape index (κ1) is 15.4. The summed E-state index contributed by atoms with van der Waals surface area (Å²) in [7, 11) is 0. The quantitative estimate of drug-likeness (QED) is 0.779. The lowest BCUT2D eigenvalue weighted by Gasteiger charge is -2.17. The SMILES string of the molecule is O=C(NC[C@H](c1cccs1)n1cccn1)c1ccc(F)c(F)c1. The van der Waals surface area contributed by atoms with E-state index in [0.29, 0.717) is 6.54 Å². The molecule has 0 spiro atoms. The second-order valence-electron chi connectivity index (χ2n) is 4.86. The van der Waals surface area contributed by atoms with E-state index >= 15 is 0 Å². The molecule has 3 rings (SSSR count). The maximum atomic E-state index is 13.2. The summed E-state index contributed by atoms with van der Waals surface area (Å²) in [5.74, 6) is -2.48. The van der Waals surface area contributed by atoms with E-state index in [-0.39, 0.29) is 11.6 Å². The molecule has 1 amide bonds. The van der Waals surface area contributed by atoms with Gasteiger partial charge < -0.3 is 5.32 Å². The normalized spacial score (nSPS) is 12.1. The highest BCUT2D eigenvalue weighted by atomic mass is 32.1. The van der Waals surface area contributed by atoms with E-state index in [9.17, 15) is 13.6 Å². The Morgan fingerprint density at radius 2 is 2.13 bits per heavy atom. The van der Waals surface area contributed by atoms with Crippen LogP contribution in [0, 0.1) is 11.6 Å². The van der Waals surface area contributed by atoms with Crippen LogP contribution >= 0.6 is 11.3 Å². The average Bonchev–Trinajstić information content (AvgIpc) is 3.24. The lowest BCUT2D eigenvalue weighted by atomic mass is 10.2. The number of benzene rings is 1. The van der Waals surface area contributed by atoms with E-state index in [4.69, 9.17) is 0 Å². The summed E-state index contributed by atoms with van der Waals surface area (Å²) < 4.78 is 27.9. The van der Waals surface area contributed by atoms with Crippen LogP contribution in [0.1, 0.15) is 21.3 Å². The molecule has 7 heteroatoms. The number of hydrogen-bond donors (Lipinski definition) is 1. The fraction of sp³-hybridized carbons (Fsp3) is 0.125. The first-order valence-corrected chi connectivity index (χ1v) is 7.79. The van der Waals surface area contributed by atoms with Crippen LogP contribution in [-0.4, -0.2) is 22.2 Å². The van der Waals surface area contributed by atoms with Gasteiger partial charge in [0.1, 0.15) is 6.04 Å². The number of carbonyl (C=O) groups is 1. The molecule has 1 aromatic carbocycles. The molecule has 1 atom stereocenters. The molecular weight excluding hydrogens is 320 g/mol. The number of amides is 1. The van der Waals surface area contributed by atoms with Crippen molar-refractivity contribution in [2.45, 2.75) is 6.04 Å². The summed E-state index contributed by atoms with van der Waals surface area (Å²) in [6, 6.07) is 8.61. The largest absolute Gasteiger partial charge is 0.350 e. The standard InChI is InChI=1S/C16H13F2N3OS/c17-12-5-4-11(9-13(12)18)16(22)19-10-14(15-3-1-8-23-15)21-7-2-6-20-21/h1-9,14H,10H2,(H,19,22)/t14-/m1/s1. The predicted molar refractivity (Wildman–Crippen MR) is 83.4 cm³/mol. The Bertz CT molecular complexity index is 754. The van der Waals surface area contributed by atoms with Crippen molar-refractivity contribution >= 4 is 17.2 Å². The number of carbonyl (C=O) groups excluding carboxylic acids is 1. The van der Waals surface area contributed by atoms with E-state index in [1.165, 1.54) is 6.07 Å². The summed E-state index contributed by atoms with van der Waals surface area (Å²) in [4.78, 5) is 13.2. The molecule has 3 aromatic rings. The Morgan fingerprint density at radius 3 is 2.78 bits per heavy atom. The zero-order chi connectivity index (χ0) is 16.2. The Morgan fingerprint density at radius 1 is 1.26 bits per heavy atom. The molecule has 118 valence electrons. The maximum absolute atomic E-state index is 13.2. The molecule has 23 heavy (non-hydrogen) atoms. The minimum atomic E-state index is -1.04. The Labute approximate surface area is 135 Å². The number of nitrogens with zero attached hydrogens (tertiary/aromatic N) is 2. The lowest BCUT2D eigenvalue weighted by Crippen LogP contribution is -2.31. The van der Waals surface area contributed by atoms with Crippen molar-refractivity contribution in [1.29, 1.82) is 0 Å². The van der Waals surface area contributed by atoms with Crippen molar-refractivity contribution in [3.63, 3.8) is 0 Å². The third-order valence-electron chi connectivity index (χ3n) is 3.35. The molecule has 0 saturated heterocycles. The summed E-state index contributed by atoms with van der Waals surface area (Å²) in [5, 5.41) is 8.90. The maximum Gasteiger partial charge on any atom is 0.251 e. The van der Waals surface area contributed by atoms with Crippen molar-refractivity contribution in [1.82, 2.24) is 15.1 Å². The summed E-state index contributed by atoms with van der Waals surface area (Å²) in [6.45, 7) is 0.292. The van der Waals surface area contributed by atoms with Gasteiger partial charge in [-0.2, -0.15) is 5.10 Å². The van der Waals surface area contributed by atoms with E-state index in [1.807, 2.05) is 23.7 Å². The Kier molecular flexibility index (Phi) is 4.47. The summed E-state index contributed by atoms with van der Waals surface area (Å²) in [6.07, 6.45) is 3.48. The number of rotatable bonds is 5. The van der Waals surface area contributed by atoms with Crippen molar-refractivity contribution in [3.8, 4) is 0 Å². The van der Waals surface area contributed by atoms with Crippen LogP contribution < -0.4 is 5.32 Å². The molecule has 1 N–H and O–H groups in total. The molecule has 0 aliphatic carbocycles. The van der Waals surface area contributed by atoms with Gasteiger partial charge in [0.25, 0.3) is 5.91 Å². The Hall–Kier alpha value is -2.54. The smallest absolute Gasteiger partial charge is 0.251 e. The minimum absolute atomic E-state index is 0.0781. The third-order valence-corrected chi connectivity index (χ3v) is 4.33. The zero-order valence-corrected chi connectivity index (χ0v) is 12.8. The second-order valence-corrected chi connectivity index (χ2v) is 5.84. The fourth-order valence-electron chi connectivity index (χ4n) is 2.20. The highest BCUT2D eigenvalue weighted by Crippen LogP contribution is 2.22. The molecule has 2 aromatic heterocycles. The topological polar surface area (TPSA) is 46.9 Å². The molecule has 0 unspecified atom stereocenters. The van der Waals surface area contributed by atoms with E-state index < -0.39 is 17.5 Å². The predicted octanol–water partition coefficient (Wildman–Crippen LogP) is 3.24. The molecule has 0 aliphatic heterocycles. The first-order chi connectivity index (χ1) is 11.1. The van der Waals surface area contributed by atoms with Crippen molar-refractivity contribution in [3.05, 3.63) is 76.2 Å². The van der Waals surface area contributed by atoms with Gasteiger partial charge in [-0.05, 0) is 35.7 Å². The second kappa shape index (κ2) is 6.70. The van der Waals surface area contributed by atoms with E-state index in [0.717, 1.165) is 17.0 Å². The molecule has 0 fully saturated rings. The van der Waals surface area contributed by atoms with Crippen molar-refractivity contribution in [2.75, 3.05) is 6.54 Å². The van der Waals surface area contributed by atoms with Gasteiger partial charge in [0.05, 0.1) is 0 Å². The molecule has 0 saturated carbocycles. The fourth-order valence-corrected chi connectivity index (χ4v) is 3.02. The molecular formula is C16H13F2N3OS. The van der Waals surface area contributed by atoms with E-state index in [2.05, 4.69) is 10.4 Å². The van der Waals surface area contributed by atoms with Crippen molar-refractivity contribution in [2.24, 2.45) is 0 Å². The lowest BCUT2D eigenvalue weighted by molar-refractivity contribution is 0.0949. The van der Waals surface area contributed by atoms with Gasteiger partial charge in [-0.15, -0.1) is 11.3 Å². The molecule has 0 bridgehead atoms. The third kappa shape index (κ3) is 3.45. The van der Waals surface area contributed by atoms with Crippen LogP contribution in [0.15, 0.2) is 54.2 Å². The molecule has 0 aliphatic rings. The van der Waals surface area contributed by atoms with Crippen LogP contribution in [0.3, 0.4) is 0 Å². The minimum Gasteiger partial charge on any atom is -0.350 e. The highest BCUT2D eigenvalue weighted by Gasteiger charge is 2.17. The Balaban J connectivity index is 1.74. The van der Waals surface area contributed by atoms with Gasteiger partial charge in [0, 0.05) is 29.4 Å². The van der Waals surface area contributed by atoms with Crippen molar-refractivity contribution < 1.29 is 13.6 Å². The average molecular weight is 333 g/mol. The first-order valence-electron chi connectivity index (χ1n) is 6.91. The number of nitrogens with one attached hydrogen (secondary N) is 1. The summed E-state index contributed by atoms with van der Waals surface area (Å²) in [5.41, 5.74) is 0.0781. The van der Waals surface area contributed by atoms with Gasteiger partial charge in [0.2, 0.25) is 0 Å². The molecule has 0 radical (unpaired) electrons. The summed E-state index contributed by atoms with van der Waals surface area (Å²) >= 11 is 1.56. The van der Waals surface area contributed by atoms with Crippen LogP contribution in [0.25, 0.3) is 0 Å². The van der Waals surface area contributed by atoms with Gasteiger partial charge in [-0.25, -0.2) is 8.78 Å². The zero-order valence-electron chi connectivity index (χ0n) is 11.9. The van der Waals surface area contributed by atoms with Gasteiger partial charge >= 0.3 is 0 Å². The van der Waals surface area contributed by atoms with Crippen LogP contribution in [0.4, 0.5) is 8.78 Å². The number of hydrogen-bond acceptors (Lipinski definition) is 3. The van der Waals surface area contributed by atoms with E-state index in [1.54, 1.807) is 28.3 Å². The van der Waals surface area contributed by atoms with Gasteiger partial charge in [-0.3, -0.25) is 9.48 Å². The highest BCUT2D eigenvalue weighted by molar-refractivity contribution is 7.10. The molecule has 2 heterocycles. The van der Waals surface area contributed by atoms with Crippen LogP contribution in [0.5, 0.6) is 0 Å². The van der Waals surface area contributed by atoms with Gasteiger partial charge in [0.15, 0.2) is 11.6 Å². The van der Waals surface area contributed by atoms with Crippen LogP contribution in [0.2, 0.25) is 0 Å². The monoisotopic (exact) mass is 333 g/mol. The number of aromatic nitrogens is 2. The van der Waals surface area contributed by atoms with Crippen LogP contribution in [-0.2, 0) is 0 Å². The number of thiophene rings is 1. The molecule has 4 nitrogen and oxygen atoms in total. The number of halogens is 2. The van der Waals surface area contributed by atoms with Gasteiger partial charge in [-0.1, -0.05) is 6.07 Å².